The van der Waals surface area contributed by atoms with E-state index < -0.39 is 24.1 Å². The fraction of sp³-hybridized carbons (Fsp3) is 0.444. The number of aliphatic carboxylic acids is 1. The SMILES string of the molecule is CCCCC(NC(=O)OCC1c2ccccc2-c2ccccc21)C(=O)NC(CCC)CC(=O)O. The summed E-state index contributed by atoms with van der Waals surface area (Å²) in [6.45, 7) is 4.11. The third kappa shape index (κ3) is 6.37. The van der Waals surface area contributed by atoms with Crippen LogP contribution in [-0.4, -0.2) is 41.8 Å². The second-order valence-corrected chi connectivity index (χ2v) is 8.76. The lowest BCUT2D eigenvalue weighted by atomic mass is 9.98. The van der Waals surface area contributed by atoms with E-state index in [-0.39, 0.29) is 24.9 Å². The molecule has 0 radical (unpaired) electrons. The Kier molecular flexibility index (Phi) is 9.08. The van der Waals surface area contributed by atoms with Crippen LogP contribution in [0.3, 0.4) is 0 Å². The Morgan fingerprint density at radius 2 is 1.53 bits per heavy atom. The van der Waals surface area contributed by atoms with Crippen molar-refractivity contribution in [1.29, 1.82) is 0 Å². The van der Waals surface area contributed by atoms with E-state index in [1.165, 1.54) is 0 Å². The second kappa shape index (κ2) is 12.2. The average Bonchev–Trinajstić information content (AvgIpc) is 3.14. The van der Waals surface area contributed by atoms with Crippen molar-refractivity contribution in [3.8, 4) is 11.1 Å². The summed E-state index contributed by atoms with van der Waals surface area (Å²) in [5.74, 6) is -1.40. The number of carboxylic acid groups (broad SMARTS) is 1. The number of unbranched alkanes of at least 4 members (excludes halogenated alkanes) is 1. The third-order valence-electron chi connectivity index (χ3n) is 6.20. The minimum Gasteiger partial charge on any atom is -0.481 e. The smallest absolute Gasteiger partial charge is 0.407 e. The van der Waals surface area contributed by atoms with Crippen molar-refractivity contribution in [2.24, 2.45) is 0 Å². The monoisotopic (exact) mass is 466 g/mol. The van der Waals surface area contributed by atoms with Gasteiger partial charge < -0.3 is 20.5 Å². The lowest BCUT2D eigenvalue weighted by molar-refractivity contribution is -0.137. The number of carbonyl (C=O) groups excluding carboxylic acids is 2. The van der Waals surface area contributed by atoms with Gasteiger partial charge in [-0.05, 0) is 35.1 Å². The standard InChI is InChI=1S/C27H34N2O5/c1-3-5-15-24(26(32)28-18(10-4-2)16-25(30)31)29-27(33)34-17-23-21-13-8-6-11-19(21)20-12-7-9-14-22(20)23/h6-9,11-14,18,23-24H,3-5,10,15-17H2,1-2H3,(H,28,32)(H,29,33)(H,30,31). The van der Waals surface area contributed by atoms with Crippen LogP contribution in [0.25, 0.3) is 11.1 Å². The number of nitrogens with one attached hydrogen (secondary N) is 2. The molecule has 3 rings (SSSR count). The first-order chi connectivity index (χ1) is 16.4. The molecule has 2 atom stereocenters. The van der Waals surface area contributed by atoms with Crippen LogP contribution in [0, 0.1) is 0 Å². The van der Waals surface area contributed by atoms with Crippen LogP contribution in [-0.2, 0) is 14.3 Å². The maximum Gasteiger partial charge on any atom is 0.407 e. The topological polar surface area (TPSA) is 105 Å². The number of ether oxygens (including phenoxy) is 1. The third-order valence-corrected chi connectivity index (χ3v) is 6.20. The van der Waals surface area contributed by atoms with Crippen LogP contribution in [0.4, 0.5) is 4.79 Å². The summed E-state index contributed by atoms with van der Waals surface area (Å²) < 4.78 is 5.59. The molecular formula is C27H34N2O5. The van der Waals surface area contributed by atoms with E-state index in [2.05, 4.69) is 34.9 Å². The lowest BCUT2D eigenvalue weighted by Crippen LogP contribution is -2.50. The van der Waals surface area contributed by atoms with Crippen LogP contribution in [0.1, 0.15) is 69.4 Å². The van der Waals surface area contributed by atoms with Gasteiger partial charge in [-0.3, -0.25) is 9.59 Å². The molecule has 3 N–H and O–H groups in total. The molecule has 0 saturated heterocycles. The molecule has 0 fully saturated rings. The minimum absolute atomic E-state index is 0.0643. The number of amides is 2. The minimum atomic E-state index is -0.964. The molecular weight excluding hydrogens is 432 g/mol. The summed E-state index contributed by atoms with van der Waals surface area (Å²) in [6, 6.07) is 15.0. The Morgan fingerprint density at radius 3 is 2.09 bits per heavy atom. The first-order valence-electron chi connectivity index (χ1n) is 12.1. The summed E-state index contributed by atoms with van der Waals surface area (Å²) in [6.07, 6.45) is 2.58. The van der Waals surface area contributed by atoms with Gasteiger partial charge in [0.1, 0.15) is 12.6 Å². The van der Waals surface area contributed by atoms with Gasteiger partial charge in [-0.15, -0.1) is 0 Å². The molecule has 0 aromatic heterocycles. The average molecular weight is 467 g/mol. The van der Waals surface area contributed by atoms with Crippen molar-refractivity contribution in [3.05, 3.63) is 59.7 Å². The van der Waals surface area contributed by atoms with Gasteiger partial charge in [0.05, 0.1) is 6.42 Å². The van der Waals surface area contributed by atoms with E-state index in [1.54, 1.807) is 0 Å². The van der Waals surface area contributed by atoms with Crippen molar-refractivity contribution < 1.29 is 24.2 Å². The van der Waals surface area contributed by atoms with Crippen molar-refractivity contribution in [2.75, 3.05) is 6.61 Å². The van der Waals surface area contributed by atoms with Gasteiger partial charge in [0, 0.05) is 12.0 Å². The number of fused-ring (bicyclic) bond motifs is 3. The Labute approximate surface area is 200 Å². The number of carbonyl (C=O) groups is 3. The van der Waals surface area contributed by atoms with Gasteiger partial charge in [-0.25, -0.2) is 4.79 Å². The molecule has 182 valence electrons. The highest BCUT2D eigenvalue weighted by Gasteiger charge is 2.30. The van der Waals surface area contributed by atoms with Crippen LogP contribution >= 0.6 is 0 Å². The van der Waals surface area contributed by atoms with Gasteiger partial charge in [-0.1, -0.05) is 81.6 Å². The second-order valence-electron chi connectivity index (χ2n) is 8.76. The van der Waals surface area contributed by atoms with Crippen molar-refractivity contribution in [2.45, 2.75) is 70.4 Å². The van der Waals surface area contributed by atoms with E-state index in [0.717, 1.165) is 41.5 Å². The summed E-state index contributed by atoms with van der Waals surface area (Å²) in [4.78, 5) is 36.7. The normalized spacial score (nSPS) is 13.9. The van der Waals surface area contributed by atoms with E-state index in [1.807, 2.05) is 38.1 Å². The molecule has 2 unspecified atom stereocenters. The van der Waals surface area contributed by atoms with Gasteiger partial charge >= 0.3 is 12.1 Å². The van der Waals surface area contributed by atoms with Crippen molar-refractivity contribution in [3.63, 3.8) is 0 Å². The highest BCUT2D eigenvalue weighted by Crippen LogP contribution is 2.44. The summed E-state index contributed by atoms with van der Waals surface area (Å²) >= 11 is 0. The molecule has 0 bridgehead atoms. The molecule has 0 aliphatic heterocycles. The first-order valence-corrected chi connectivity index (χ1v) is 12.1. The lowest BCUT2D eigenvalue weighted by Gasteiger charge is -2.23. The van der Waals surface area contributed by atoms with Crippen LogP contribution < -0.4 is 10.6 Å². The number of alkyl carbamates (subject to hydrolysis) is 1. The molecule has 0 spiro atoms. The molecule has 2 aromatic rings. The zero-order valence-electron chi connectivity index (χ0n) is 19.9. The Hall–Kier alpha value is -3.35. The maximum absolute atomic E-state index is 12.9. The number of hydrogen-bond donors (Lipinski definition) is 3. The maximum atomic E-state index is 12.9. The number of carboxylic acids is 1. The summed E-state index contributed by atoms with van der Waals surface area (Å²) in [7, 11) is 0. The Bertz CT molecular complexity index is 961. The van der Waals surface area contributed by atoms with Crippen LogP contribution in [0.15, 0.2) is 48.5 Å². The molecule has 34 heavy (non-hydrogen) atoms. The number of benzene rings is 2. The van der Waals surface area contributed by atoms with Gasteiger partial charge in [-0.2, -0.15) is 0 Å². The van der Waals surface area contributed by atoms with Crippen LogP contribution in [0.5, 0.6) is 0 Å². The zero-order chi connectivity index (χ0) is 24.5. The van der Waals surface area contributed by atoms with Crippen molar-refractivity contribution >= 4 is 18.0 Å². The van der Waals surface area contributed by atoms with Gasteiger partial charge in [0.15, 0.2) is 0 Å². The molecule has 7 nitrogen and oxygen atoms in total. The first kappa shape index (κ1) is 25.3. The fourth-order valence-electron chi connectivity index (χ4n) is 4.55. The number of rotatable bonds is 12. The van der Waals surface area contributed by atoms with E-state index in [4.69, 9.17) is 9.84 Å². The zero-order valence-corrected chi connectivity index (χ0v) is 19.9. The Balaban J connectivity index is 1.64. The van der Waals surface area contributed by atoms with Gasteiger partial charge in [0.2, 0.25) is 5.91 Å². The van der Waals surface area contributed by atoms with Crippen LogP contribution in [0.2, 0.25) is 0 Å². The van der Waals surface area contributed by atoms with E-state index in [9.17, 15) is 14.4 Å². The quantitative estimate of drug-likeness (QED) is 0.415. The molecule has 7 heteroatoms. The fourth-order valence-corrected chi connectivity index (χ4v) is 4.55. The summed E-state index contributed by atoms with van der Waals surface area (Å²) in [5.41, 5.74) is 4.53. The summed E-state index contributed by atoms with van der Waals surface area (Å²) in [5, 5.41) is 14.6. The predicted octanol–water partition coefficient (Wildman–Crippen LogP) is 4.84. The largest absolute Gasteiger partial charge is 0.481 e. The highest BCUT2D eigenvalue weighted by molar-refractivity contribution is 5.86. The van der Waals surface area contributed by atoms with E-state index in [0.29, 0.717) is 12.8 Å². The molecule has 0 saturated carbocycles. The number of hydrogen-bond acceptors (Lipinski definition) is 4. The molecule has 0 heterocycles. The molecule has 2 aromatic carbocycles. The van der Waals surface area contributed by atoms with Gasteiger partial charge in [0.25, 0.3) is 0 Å². The Morgan fingerprint density at radius 1 is 0.912 bits per heavy atom. The molecule has 2 amide bonds. The van der Waals surface area contributed by atoms with Crippen molar-refractivity contribution in [1.82, 2.24) is 10.6 Å². The highest BCUT2D eigenvalue weighted by atomic mass is 16.5. The molecule has 1 aliphatic rings. The van der Waals surface area contributed by atoms with E-state index >= 15 is 0 Å². The predicted molar refractivity (Wildman–Crippen MR) is 131 cm³/mol. The molecule has 1 aliphatic carbocycles.